The monoisotopic (exact) mass is 366 g/mol. The molecule has 0 aliphatic rings. The lowest BCUT2D eigenvalue weighted by Crippen LogP contribution is -2.41. The van der Waals surface area contributed by atoms with Crippen molar-refractivity contribution in [1.29, 1.82) is 0 Å². The third kappa shape index (κ3) is 6.34. The number of imide groups is 1. The fraction of sp³-hybridized carbons (Fsp3) is 0.353. The van der Waals surface area contributed by atoms with Crippen molar-refractivity contribution in [2.24, 2.45) is 0 Å². The van der Waals surface area contributed by atoms with Gasteiger partial charge in [-0.1, -0.05) is 0 Å². The minimum absolute atomic E-state index is 0.370. The Kier molecular flexibility index (Phi) is 8.48. The van der Waals surface area contributed by atoms with Crippen molar-refractivity contribution in [3.63, 3.8) is 0 Å². The third-order valence-electron chi connectivity index (χ3n) is 3.07. The van der Waals surface area contributed by atoms with Crippen molar-refractivity contribution < 1.29 is 33.3 Å². The molecule has 0 fully saturated rings. The van der Waals surface area contributed by atoms with E-state index in [1.54, 1.807) is 19.1 Å². The van der Waals surface area contributed by atoms with Crippen LogP contribution in [-0.4, -0.2) is 52.4 Å². The molecule has 142 valence electrons. The molecule has 9 nitrogen and oxygen atoms in total. The molecule has 0 aliphatic heterocycles. The average Bonchev–Trinajstić information content (AvgIpc) is 2.63. The van der Waals surface area contributed by atoms with Crippen LogP contribution in [0.25, 0.3) is 6.08 Å². The highest BCUT2D eigenvalue weighted by Crippen LogP contribution is 2.35. The highest BCUT2D eigenvalue weighted by molar-refractivity contribution is 5.96. The summed E-state index contributed by atoms with van der Waals surface area (Å²) in [5.74, 6) is -0.0938. The zero-order valence-electron chi connectivity index (χ0n) is 15.1. The Morgan fingerprint density at radius 2 is 1.62 bits per heavy atom. The molecule has 9 heteroatoms. The highest BCUT2D eigenvalue weighted by atomic mass is 16.5. The fourth-order valence-corrected chi connectivity index (χ4v) is 1.89. The van der Waals surface area contributed by atoms with Gasteiger partial charge in [-0.25, -0.2) is 9.59 Å². The van der Waals surface area contributed by atoms with Gasteiger partial charge in [0.05, 0.1) is 21.3 Å². The van der Waals surface area contributed by atoms with E-state index in [0.29, 0.717) is 29.4 Å². The predicted octanol–water partition coefficient (Wildman–Crippen LogP) is 1.11. The van der Waals surface area contributed by atoms with Crippen molar-refractivity contribution in [2.75, 3.05) is 34.5 Å². The predicted molar refractivity (Wildman–Crippen MR) is 93.3 cm³/mol. The first kappa shape index (κ1) is 20.8. The van der Waals surface area contributed by atoms with Crippen LogP contribution in [0, 0.1) is 0 Å². The van der Waals surface area contributed by atoms with Crippen LogP contribution < -0.4 is 24.8 Å². The molecule has 0 bridgehead atoms. The van der Waals surface area contributed by atoms with Crippen molar-refractivity contribution in [3.05, 3.63) is 23.8 Å². The van der Waals surface area contributed by atoms with Crippen LogP contribution in [0.15, 0.2) is 18.2 Å². The molecule has 3 amide bonds. The number of methoxy groups -OCH3 is 3. The van der Waals surface area contributed by atoms with E-state index >= 15 is 0 Å². The van der Waals surface area contributed by atoms with Gasteiger partial charge >= 0.3 is 12.0 Å². The number of amides is 3. The van der Waals surface area contributed by atoms with Gasteiger partial charge in [0.2, 0.25) is 0 Å². The molecule has 0 unspecified atom stereocenters. The summed E-state index contributed by atoms with van der Waals surface area (Å²) < 4.78 is 20.4. The largest absolute Gasteiger partial charge is 0.496 e. The average molecular weight is 366 g/mol. The lowest BCUT2D eigenvalue weighted by Gasteiger charge is -2.12. The highest BCUT2D eigenvalue weighted by Gasteiger charge is 2.11. The minimum atomic E-state index is -0.757. The Balaban J connectivity index is 2.70. The molecule has 0 aromatic heterocycles. The van der Waals surface area contributed by atoms with Gasteiger partial charge < -0.3 is 24.3 Å². The number of nitrogens with one attached hydrogen (secondary N) is 2. The summed E-state index contributed by atoms with van der Waals surface area (Å²) in [6.07, 6.45) is 2.58. The van der Waals surface area contributed by atoms with Gasteiger partial charge in [-0.15, -0.1) is 0 Å². The van der Waals surface area contributed by atoms with E-state index in [4.69, 9.17) is 18.9 Å². The molecule has 1 aromatic rings. The Hall–Kier alpha value is -3.23. The molecule has 0 radical (unpaired) electrons. The number of esters is 1. The Labute approximate surface area is 151 Å². The third-order valence-corrected chi connectivity index (χ3v) is 3.07. The van der Waals surface area contributed by atoms with E-state index in [1.165, 1.54) is 27.4 Å². The zero-order chi connectivity index (χ0) is 19.5. The van der Waals surface area contributed by atoms with Gasteiger partial charge in [-0.2, -0.15) is 0 Å². The number of benzene rings is 1. The maximum Gasteiger partial charge on any atom is 0.331 e. The van der Waals surface area contributed by atoms with Crippen molar-refractivity contribution in [3.8, 4) is 17.2 Å². The van der Waals surface area contributed by atoms with Gasteiger partial charge in [-0.3, -0.25) is 10.1 Å². The number of ether oxygens (including phenoxy) is 4. The molecule has 26 heavy (non-hydrogen) atoms. The molecule has 1 aromatic carbocycles. The van der Waals surface area contributed by atoms with E-state index < -0.39 is 24.5 Å². The molecule has 1 rings (SSSR count). The first-order chi connectivity index (χ1) is 12.4. The van der Waals surface area contributed by atoms with Crippen LogP contribution in [0.1, 0.15) is 12.5 Å². The summed E-state index contributed by atoms with van der Waals surface area (Å²) in [6.45, 7) is 1.50. The second-order valence-electron chi connectivity index (χ2n) is 4.80. The van der Waals surface area contributed by atoms with Crippen LogP contribution in [0.5, 0.6) is 17.2 Å². The standard InChI is InChI=1S/C17H22N2O7/c1-5-18-17(22)19-15(20)10-26-16(21)7-6-11-8-13(24-3)14(25-4)9-12(11)23-2/h6-9H,5,10H2,1-4H3,(H2,18,19,20,22)/b7-6+. The second kappa shape index (κ2) is 10.6. The smallest absolute Gasteiger partial charge is 0.331 e. The number of carbonyl (C=O) groups excluding carboxylic acids is 3. The summed E-state index contributed by atoms with van der Waals surface area (Å²) in [5, 5.41) is 4.40. The minimum Gasteiger partial charge on any atom is -0.496 e. The molecule has 0 saturated heterocycles. The van der Waals surface area contributed by atoms with Gasteiger partial charge in [-0.05, 0) is 19.1 Å². The molecule has 0 saturated carbocycles. The molecule has 2 N–H and O–H groups in total. The maximum atomic E-state index is 11.7. The molecule has 0 aliphatic carbocycles. The lowest BCUT2D eigenvalue weighted by atomic mass is 10.1. The van der Waals surface area contributed by atoms with E-state index in [9.17, 15) is 14.4 Å². The second-order valence-corrected chi connectivity index (χ2v) is 4.80. The van der Waals surface area contributed by atoms with E-state index in [1.807, 2.05) is 5.32 Å². The summed E-state index contributed by atoms with van der Waals surface area (Å²) >= 11 is 0. The summed E-state index contributed by atoms with van der Waals surface area (Å²) in [7, 11) is 4.46. The number of carbonyl (C=O) groups is 3. The van der Waals surface area contributed by atoms with E-state index in [0.717, 1.165) is 6.08 Å². The SMILES string of the molecule is CCNC(=O)NC(=O)COC(=O)/C=C/c1cc(OC)c(OC)cc1OC. The molecule has 0 atom stereocenters. The van der Waals surface area contributed by atoms with Crippen LogP contribution in [0.2, 0.25) is 0 Å². The molecule has 0 spiro atoms. The zero-order valence-corrected chi connectivity index (χ0v) is 15.1. The first-order valence-corrected chi connectivity index (χ1v) is 7.67. The van der Waals surface area contributed by atoms with Gasteiger partial charge in [0.15, 0.2) is 18.1 Å². The normalized spacial score (nSPS) is 10.2. The Morgan fingerprint density at radius 1 is 1.00 bits per heavy atom. The summed E-state index contributed by atoms with van der Waals surface area (Å²) in [5.41, 5.74) is 0.550. The Bertz CT molecular complexity index is 686. The van der Waals surface area contributed by atoms with Crippen molar-refractivity contribution in [1.82, 2.24) is 10.6 Å². The van der Waals surface area contributed by atoms with Gasteiger partial charge in [0.25, 0.3) is 5.91 Å². The molecular formula is C17H22N2O7. The fourth-order valence-electron chi connectivity index (χ4n) is 1.89. The number of hydrogen-bond acceptors (Lipinski definition) is 7. The summed E-state index contributed by atoms with van der Waals surface area (Å²) in [4.78, 5) is 34.3. The lowest BCUT2D eigenvalue weighted by molar-refractivity contribution is -0.143. The molecular weight excluding hydrogens is 344 g/mol. The van der Waals surface area contributed by atoms with Crippen LogP contribution >= 0.6 is 0 Å². The van der Waals surface area contributed by atoms with E-state index in [2.05, 4.69) is 5.32 Å². The van der Waals surface area contributed by atoms with Gasteiger partial charge in [0.1, 0.15) is 5.75 Å². The van der Waals surface area contributed by atoms with Crippen molar-refractivity contribution >= 4 is 24.0 Å². The van der Waals surface area contributed by atoms with Crippen LogP contribution in [-0.2, 0) is 14.3 Å². The van der Waals surface area contributed by atoms with Crippen LogP contribution in [0.4, 0.5) is 4.79 Å². The molecule has 0 heterocycles. The van der Waals surface area contributed by atoms with E-state index in [-0.39, 0.29) is 0 Å². The number of urea groups is 1. The van der Waals surface area contributed by atoms with Crippen LogP contribution in [0.3, 0.4) is 0 Å². The topological polar surface area (TPSA) is 112 Å². The van der Waals surface area contributed by atoms with Crippen molar-refractivity contribution in [2.45, 2.75) is 6.92 Å². The first-order valence-electron chi connectivity index (χ1n) is 7.67. The quantitative estimate of drug-likeness (QED) is 0.523. The maximum absolute atomic E-state index is 11.7. The number of rotatable bonds is 8. The Morgan fingerprint density at radius 3 is 2.19 bits per heavy atom. The van der Waals surface area contributed by atoms with Gasteiger partial charge in [0, 0.05) is 24.3 Å². The summed E-state index contributed by atoms with van der Waals surface area (Å²) in [6, 6.07) is 2.59. The number of hydrogen-bond donors (Lipinski definition) is 2.